The molecule has 0 amide bonds. The Balaban J connectivity index is 1.16. The van der Waals surface area contributed by atoms with Crippen molar-refractivity contribution in [2.45, 2.75) is 31.1 Å². The SMILES string of the molecule is c1ccc(-c2cc3ccccc3cc2N(c2ccc(-c3ccc4c(c3)CCCC4)cc2)c2ccc3c(c2)C(c2ccccc2)(c2ccccc2)c2ccccc2-3)cc1. The molecule has 0 atom stereocenters. The van der Waals surface area contributed by atoms with E-state index in [-0.39, 0.29) is 0 Å². The Hall–Kier alpha value is -6.96. The van der Waals surface area contributed by atoms with Crippen LogP contribution >= 0.6 is 0 Å². The summed E-state index contributed by atoms with van der Waals surface area (Å²) in [5.74, 6) is 0. The van der Waals surface area contributed by atoms with Crippen LogP contribution in [0.5, 0.6) is 0 Å². The number of hydrogen-bond acceptors (Lipinski definition) is 1. The molecule has 0 spiro atoms. The van der Waals surface area contributed by atoms with Crippen LogP contribution in [0.1, 0.15) is 46.2 Å². The number of rotatable bonds is 7. The van der Waals surface area contributed by atoms with Crippen LogP contribution in [0.4, 0.5) is 17.1 Å². The number of benzene rings is 9. The maximum absolute atomic E-state index is 2.50. The van der Waals surface area contributed by atoms with E-state index in [9.17, 15) is 0 Å². The van der Waals surface area contributed by atoms with Crippen LogP contribution in [0.25, 0.3) is 44.2 Å². The topological polar surface area (TPSA) is 3.24 Å². The van der Waals surface area contributed by atoms with Crippen molar-refractivity contribution in [1.29, 1.82) is 0 Å². The average molecular weight is 742 g/mol. The van der Waals surface area contributed by atoms with E-state index in [2.05, 4.69) is 217 Å². The van der Waals surface area contributed by atoms with Gasteiger partial charge in [0, 0.05) is 16.9 Å². The van der Waals surface area contributed by atoms with Gasteiger partial charge in [0.1, 0.15) is 0 Å². The summed E-state index contributed by atoms with van der Waals surface area (Å²) in [5.41, 5.74) is 18.5. The normalized spacial score (nSPS) is 13.7. The van der Waals surface area contributed by atoms with Crippen molar-refractivity contribution in [3.8, 4) is 33.4 Å². The molecule has 0 aliphatic heterocycles. The third-order valence-electron chi connectivity index (χ3n) is 12.7. The highest BCUT2D eigenvalue weighted by atomic mass is 15.1. The Kier molecular flexibility index (Phi) is 8.40. The van der Waals surface area contributed by atoms with E-state index in [0.717, 1.165) is 17.1 Å². The fraction of sp³-hybridized carbons (Fsp3) is 0.0877. The zero-order chi connectivity index (χ0) is 38.5. The highest BCUT2D eigenvalue weighted by molar-refractivity contribution is 5.99. The van der Waals surface area contributed by atoms with Crippen LogP contribution in [-0.2, 0) is 18.3 Å². The summed E-state index contributed by atoms with van der Waals surface area (Å²) < 4.78 is 0. The largest absolute Gasteiger partial charge is 0.310 e. The molecular weight excluding hydrogens is 699 g/mol. The van der Waals surface area contributed by atoms with E-state index in [1.807, 2.05) is 0 Å². The minimum absolute atomic E-state index is 0.502. The lowest BCUT2D eigenvalue weighted by atomic mass is 9.67. The molecule has 0 fully saturated rings. The number of hydrogen-bond donors (Lipinski definition) is 0. The van der Waals surface area contributed by atoms with Crippen molar-refractivity contribution in [3.05, 3.63) is 246 Å². The summed E-state index contributed by atoms with van der Waals surface area (Å²) >= 11 is 0. The van der Waals surface area contributed by atoms with Gasteiger partial charge in [-0.1, -0.05) is 176 Å². The van der Waals surface area contributed by atoms with Crippen LogP contribution in [-0.4, -0.2) is 0 Å². The molecule has 0 bridgehead atoms. The fourth-order valence-electron chi connectivity index (χ4n) is 9.98. The maximum Gasteiger partial charge on any atom is 0.0714 e. The summed E-state index contributed by atoms with van der Waals surface area (Å²) in [6.45, 7) is 0. The smallest absolute Gasteiger partial charge is 0.0714 e. The highest BCUT2D eigenvalue weighted by Gasteiger charge is 2.46. The number of anilines is 3. The number of nitrogens with zero attached hydrogens (tertiary/aromatic N) is 1. The second-order valence-electron chi connectivity index (χ2n) is 15.9. The standard InChI is InChI=1S/C57H43N/c1-4-17-42(18-5-1)53-37-44-20-12-13-21-45(44)38-56(53)58(49-32-30-41(31-33-49)46-29-28-40-16-10-11-19-43(40)36-46)50-34-35-52-51-26-14-15-27-54(51)57(55(52)39-50,47-22-6-2-7-23-47)48-24-8-3-9-25-48/h1-9,12-15,17-18,20-39H,10-11,16,19H2. The van der Waals surface area contributed by atoms with Gasteiger partial charge >= 0.3 is 0 Å². The molecule has 0 aromatic heterocycles. The van der Waals surface area contributed by atoms with Crippen LogP contribution < -0.4 is 4.90 Å². The number of aryl methyl sites for hydroxylation is 2. The molecule has 0 saturated carbocycles. The van der Waals surface area contributed by atoms with Crippen molar-refractivity contribution >= 4 is 27.8 Å². The molecule has 0 saturated heterocycles. The van der Waals surface area contributed by atoms with Crippen LogP contribution in [0.15, 0.2) is 212 Å². The predicted octanol–water partition coefficient (Wildman–Crippen LogP) is 14.9. The van der Waals surface area contributed by atoms with E-state index >= 15 is 0 Å². The first kappa shape index (κ1) is 34.3. The van der Waals surface area contributed by atoms with Gasteiger partial charge in [0.2, 0.25) is 0 Å². The Morgan fingerprint density at radius 3 is 1.64 bits per heavy atom. The Morgan fingerprint density at radius 2 is 0.914 bits per heavy atom. The quantitative estimate of drug-likeness (QED) is 0.157. The summed E-state index contributed by atoms with van der Waals surface area (Å²) in [4.78, 5) is 2.50. The summed E-state index contributed by atoms with van der Waals surface area (Å²) in [5, 5.41) is 2.44. The van der Waals surface area contributed by atoms with Crippen LogP contribution in [0.3, 0.4) is 0 Å². The third kappa shape index (κ3) is 5.61. The zero-order valence-corrected chi connectivity index (χ0v) is 32.5. The van der Waals surface area contributed by atoms with Gasteiger partial charge in [-0.2, -0.15) is 0 Å². The molecule has 9 aromatic rings. The van der Waals surface area contributed by atoms with Gasteiger partial charge in [0.15, 0.2) is 0 Å². The van der Waals surface area contributed by atoms with E-state index in [1.165, 1.54) is 103 Å². The Morgan fingerprint density at radius 1 is 0.345 bits per heavy atom. The lowest BCUT2D eigenvalue weighted by Crippen LogP contribution is -2.28. The number of fused-ring (bicyclic) bond motifs is 5. The summed E-state index contributed by atoms with van der Waals surface area (Å²) in [7, 11) is 0. The first-order valence-electron chi connectivity index (χ1n) is 20.7. The van der Waals surface area contributed by atoms with Crippen LogP contribution in [0, 0.1) is 0 Å². The molecule has 2 aliphatic carbocycles. The average Bonchev–Trinajstić information content (AvgIpc) is 3.60. The van der Waals surface area contributed by atoms with Gasteiger partial charge in [0.05, 0.1) is 11.1 Å². The zero-order valence-electron chi connectivity index (χ0n) is 32.5. The molecule has 58 heavy (non-hydrogen) atoms. The van der Waals surface area contributed by atoms with E-state index < -0.39 is 5.41 Å². The lowest BCUT2D eigenvalue weighted by molar-refractivity contribution is 0.686. The molecule has 2 aliphatic rings. The van der Waals surface area contributed by atoms with Gasteiger partial charge in [-0.15, -0.1) is 0 Å². The molecule has 0 unspecified atom stereocenters. The summed E-state index contributed by atoms with van der Waals surface area (Å²) in [6, 6.07) is 79.2. The third-order valence-corrected chi connectivity index (χ3v) is 12.7. The van der Waals surface area contributed by atoms with Gasteiger partial charge in [-0.25, -0.2) is 0 Å². The second-order valence-corrected chi connectivity index (χ2v) is 15.9. The molecule has 276 valence electrons. The van der Waals surface area contributed by atoms with E-state index in [4.69, 9.17) is 0 Å². The van der Waals surface area contributed by atoms with Crippen molar-refractivity contribution in [3.63, 3.8) is 0 Å². The highest BCUT2D eigenvalue weighted by Crippen LogP contribution is 2.57. The lowest BCUT2D eigenvalue weighted by Gasteiger charge is -2.35. The van der Waals surface area contributed by atoms with Crippen LogP contribution in [0.2, 0.25) is 0 Å². The van der Waals surface area contributed by atoms with Gasteiger partial charge < -0.3 is 4.90 Å². The maximum atomic E-state index is 2.50. The first-order chi connectivity index (χ1) is 28.8. The van der Waals surface area contributed by atoms with Gasteiger partial charge in [-0.3, -0.25) is 0 Å². The first-order valence-corrected chi connectivity index (χ1v) is 20.7. The van der Waals surface area contributed by atoms with Crippen molar-refractivity contribution in [2.24, 2.45) is 0 Å². The van der Waals surface area contributed by atoms with Crippen molar-refractivity contribution in [1.82, 2.24) is 0 Å². The van der Waals surface area contributed by atoms with Gasteiger partial charge in [-0.05, 0) is 134 Å². The van der Waals surface area contributed by atoms with Gasteiger partial charge in [0.25, 0.3) is 0 Å². The Bertz CT molecular complexity index is 2890. The molecular formula is C57H43N. The molecule has 9 aromatic carbocycles. The van der Waals surface area contributed by atoms with E-state index in [0.29, 0.717) is 0 Å². The fourth-order valence-corrected chi connectivity index (χ4v) is 9.98. The molecule has 1 nitrogen and oxygen atoms in total. The van der Waals surface area contributed by atoms with Crippen molar-refractivity contribution in [2.75, 3.05) is 4.90 Å². The minimum atomic E-state index is -0.502. The van der Waals surface area contributed by atoms with E-state index in [1.54, 1.807) is 0 Å². The molecule has 0 N–H and O–H groups in total. The Labute approximate surface area is 341 Å². The summed E-state index contributed by atoms with van der Waals surface area (Å²) in [6.07, 6.45) is 4.94. The molecule has 0 radical (unpaired) electrons. The monoisotopic (exact) mass is 741 g/mol. The second kappa shape index (κ2) is 14.2. The molecule has 11 rings (SSSR count). The molecule has 0 heterocycles. The van der Waals surface area contributed by atoms with Crippen molar-refractivity contribution < 1.29 is 0 Å². The predicted molar refractivity (Wildman–Crippen MR) is 243 cm³/mol. The minimum Gasteiger partial charge on any atom is -0.310 e. The molecule has 1 heteroatoms.